The summed E-state index contributed by atoms with van der Waals surface area (Å²) in [5, 5.41) is 14.6. The molecule has 1 atom stereocenters. The van der Waals surface area contributed by atoms with Gasteiger partial charge in [-0.15, -0.1) is 11.3 Å². The van der Waals surface area contributed by atoms with Crippen molar-refractivity contribution in [2.45, 2.75) is 19.4 Å². The van der Waals surface area contributed by atoms with Gasteiger partial charge in [-0.25, -0.2) is 4.98 Å². The van der Waals surface area contributed by atoms with Crippen LogP contribution in [0.3, 0.4) is 0 Å². The molecule has 1 heterocycles. The van der Waals surface area contributed by atoms with E-state index < -0.39 is 0 Å². The summed E-state index contributed by atoms with van der Waals surface area (Å²) in [6.45, 7) is 1.84. The molecule has 0 fully saturated rings. The van der Waals surface area contributed by atoms with Crippen molar-refractivity contribution in [3.8, 4) is 5.75 Å². The van der Waals surface area contributed by atoms with Gasteiger partial charge in [0, 0.05) is 17.0 Å². The van der Waals surface area contributed by atoms with Crippen molar-refractivity contribution < 1.29 is 9.90 Å². The van der Waals surface area contributed by atoms with E-state index in [1.165, 1.54) is 11.3 Å². The summed E-state index contributed by atoms with van der Waals surface area (Å²) >= 11 is 1.34. The third kappa shape index (κ3) is 3.52. The summed E-state index contributed by atoms with van der Waals surface area (Å²) in [6, 6.07) is 6.61. The van der Waals surface area contributed by atoms with E-state index in [9.17, 15) is 9.90 Å². The summed E-state index contributed by atoms with van der Waals surface area (Å²) in [7, 11) is 0. The highest BCUT2D eigenvalue weighted by Gasteiger charge is 2.11. The number of phenolic OH excluding ortho intramolecular Hbond substituents is 1. The molecule has 0 bridgehead atoms. The molecule has 1 aromatic carbocycles. The Balaban J connectivity index is 1.99. The molecule has 4 N–H and O–H groups in total. The Hall–Kier alpha value is -1.92. The molecule has 100 valence electrons. The average Bonchev–Trinajstić information content (AvgIpc) is 2.80. The molecule has 0 saturated heterocycles. The van der Waals surface area contributed by atoms with Crippen molar-refractivity contribution in [2.24, 2.45) is 5.73 Å². The monoisotopic (exact) mass is 277 g/mol. The van der Waals surface area contributed by atoms with Gasteiger partial charge in [0.25, 0.3) is 0 Å². The zero-order chi connectivity index (χ0) is 13.8. The number of hydrogen-bond acceptors (Lipinski definition) is 5. The third-order valence-corrected chi connectivity index (χ3v) is 3.35. The second-order valence-corrected chi connectivity index (χ2v) is 5.08. The van der Waals surface area contributed by atoms with Gasteiger partial charge in [-0.1, -0.05) is 18.2 Å². The number of carbonyl (C=O) groups excluding carboxylic acids is 1. The first-order valence-electron chi connectivity index (χ1n) is 5.84. The molecular formula is C13H15N3O2S. The molecule has 6 heteroatoms. The van der Waals surface area contributed by atoms with E-state index in [2.05, 4.69) is 10.3 Å². The SMILES string of the molecule is CC(N)c1csc(NC(=O)Cc2ccccc2O)n1. The van der Waals surface area contributed by atoms with E-state index in [1.807, 2.05) is 12.3 Å². The van der Waals surface area contributed by atoms with Gasteiger partial charge >= 0.3 is 0 Å². The Morgan fingerprint density at radius 3 is 2.89 bits per heavy atom. The van der Waals surface area contributed by atoms with Crippen LogP contribution in [0.15, 0.2) is 29.6 Å². The molecular weight excluding hydrogens is 262 g/mol. The van der Waals surface area contributed by atoms with E-state index in [-0.39, 0.29) is 24.1 Å². The molecule has 2 rings (SSSR count). The number of rotatable bonds is 4. The number of para-hydroxylation sites is 1. The van der Waals surface area contributed by atoms with E-state index in [1.54, 1.807) is 24.3 Å². The van der Waals surface area contributed by atoms with Crippen molar-refractivity contribution >= 4 is 22.4 Å². The minimum Gasteiger partial charge on any atom is -0.508 e. The van der Waals surface area contributed by atoms with Gasteiger partial charge in [-0.2, -0.15) is 0 Å². The van der Waals surface area contributed by atoms with Gasteiger partial charge in [0.15, 0.2) is 5.13 Å². The highest BCUT2D eigenvalue weighted by molar-refractivity contribution is 7.13. The lowest BCUT2D eigenvalue weighted by molar-refractivity contribution is -0.115. The summed E-state index contributed by atoms with van der Waals surface area (Å²) in [5.41, 5.74) is 7.04. The normalized spacial score (nSPS) is 12.1. The molecule has 0 radical (unpaired) electrons. The largest absolute Gasteiger partial charge is 0.508 e. The van der Waals surface area contributed by atoms with Crippen molar-refractivity contribution in [3.63, 3.8) is 0 Å². The second kappa shape index (κ2) is 5.81. The van der Waals surface area contributed by atoms with Crippen LogP contribution in [0.1, 0.15) is 24.2 Å². The quantitative estimate of drug-likeness (QED) is 0.798. The summed E-state index contributed by atoms with van der Waals surface area (Å²) < 4.78 is 0. The zero-order valence-corrected chi connectivity index (χ0v) is 11.3. The number of amides is 1. The molecule has 1 amide bonds. The van der Waals surface area contributed by atoms with Crippen LogP contribution >= 0.6 is 11.3 Å². The molecule has 0 spiro atoms. The minimum absolute atomic E-state index is 0.111. The van der Waals surface area contributed by atoms with Crippen LogP contribution < -0.4 is 11.1 Å². The summed E-state index contributed by atoms with van der Waals surface area (Å²) in [4.78, 5) is 16.0. The number of aromatic hydroxyl groups is 1. The number of hydrogen-bond donors (Lipinski definition) is 3. The van der Waals surface area contributed by atoms with Crippen LogP contribution in [0.4, 0.5) is 5.13 Å². The number of carbonyl (C=O) groups is 1. The van der Waals surface area contributed by atoms with Crippen LogP contribution in [-0.4, -0.2) is 16.0 Å². The van der Waals surface area contributed by atoms with Gasteiger partial charge in [-0.3, -0.25) is 4.79 Å². The maximum absolute atomic E-state index is 11.8. The molecule has 0 aliphatic rings. The first-order valence-corrected chi connectivity index (χ1v) is 6.72. The number of nitrogens with two attached hydrogens (primary N) is 1. The fourth-order valence-electron chi connectivity index (χ4n) is 1.55. The Morgan fingerprint density at radius 1 is 1.53 bits per heavy atom. The van der Waals surface area contributed by atoms with Crippen LogP contribution in [0.25, 0.3) is 0 Å². The topological polar surface area (TPSA) is 88.2 Å². The van der Waals surface area contributed by atoms with Crippen LogP contribution in [-0.2, 0) is 11.2 Å². The smallest absolute Gasteiger partial charge is 0.230 e. The minimum atomic E-state index is -0.216. The van der Waals surface area contributed by atoms with Crippen molar-refractivity contribution in [3.05, 3.63) is 40.9 Å². The molecule has 0 saturated carbocycles. The summed E-state index contributed by atoms with van der Waals surface area (Å²) in [5.74, 6) is -0.0971. The Kier molecular flexibility index (Phi) is 4.13. The lowest BCUT2D eigenvalue weighted by Gasteiger charge is -2.04. The maximum atomic E-state index is 11.8. The average molecular weight is 277 g/mol. The molecule has 0 aliphatic heterocycles. The lowest BCUT2D eigenvalue weighted by Crippen LogP contribution is -2.14. The second-order valence-electron chi connectivity index (χ2n) is 4.22. The first-order chi connectivity index (χ1) is 9.06. The van der Waals surface area contributed by atoms with Gasteiger partial charge in [0.05, 0.1) is 12.1 Å². The van der Waals surface area contributed by atoms with Crippen LogP contribution in [0.5, 0.6) is 5.75 Å². The van der Waals surface area contributed by atoms with Gasteiger partial charge in [0.2, 0.25) is 5.91 Å². The van der Waals surface area contributed by atoms with Gasteiger partial charge in [0.1, 0.15) is 5.75 Å². The molecule has 1 aromatic heterocycles. The number of benzene rings is 1. The standard InChI is InChI=1S/C13H15N3O2S/c1-8(14)10-7-19-13(15-10)16-12(18)6-9-4-2-3-5-11(9)17/h2-5,7-8,17H,6,14H2,1H3,(H,15,16,18). The number of thiazole rings is 1. The van der Waals surface area contributed by atoms with Gasteiger partial charge in [-0.05, 0) is 13.0 Å². The van der Waals surface area contributed by atoms with Gasteiger partial charge < -0.3 is 16.2 Å². The molecule has 2 aromatic rings. The van der Waals surface area contributed by atoms with Crippen LogP contribution in [0.2, 0.25) is 0 Å². The predicted molar refractivity (Wildman–Crippen MR) is 75.2 cm³/mol. The lowest BCUT2D eigenvalue weighted by atomic mass is 10.1. The fraction of sp³-hybridized carbons (Fsp3) is 0.231. The number of phenols is 1. The number of aromatic nitrogens is 1. The third-order valence-electron chi connectivity index (χ3n) is 2.58. The number of nitrogens with one attached hydrogen (secondary N) is 1. The Morgan fingerprint density at radius 2 is 2.26 bits per heavy atom. The van der Waals surface area contributed by atoms with Crippen molar-refractivity contribution in [1.82, 2.24) is 4.98 Å². The highest BCUT2D eigenvalue weighted by atomic mass is 32.1. The number of anilines is 1. The molecule has 0 aliphatic carbocycles. The maximum Gasteiger partial charge on any atom is 0.230 e. The Labute approximate surface area is 115 Å². The van der Waals surface area contributed by atoms with E-state index in [0.29, 0.717) is 10.7 Å². The van der Waals surface area contributed by atoms with Crippen molar-refractivity contribution in [2.75, 3.05) is 5.32 Å². The van der Waals surface area contributed by atoms with Crippen LogP contribution in [0, 0.1) is 0 Å². The fourth-order valence-corrected chi connectivity index (χ4v) is 2.38. The van der Waals surface area contributed by atoms with E-state index in [0.717, 1.165) is 5.69 Å². The first kappa shape index (κ1) is 13.5. The highest BCUT2D eigenvalue weighted by Crippen LogP contribution is 2.20. The zero-order valence-electron chi connectivity index (χ0n) is 10.5. The van der Waals surface area contributed by atoms with Crippen molar-refractivity contribution in [1.29, 1.82) is 0 Å². The molecule has 5 nitrogen and oxygen atoms in total. The predicted octanol–water partition coefficient (Wildman–Crippen LogP) is 2.05. The van der Waals surface area contributed by atoms with E-state index in [4.69, 9.17) is 5.73 Å². The summed E-state index contributed by atoms with van der Waals surface area (Å²) in [6.07, 6.45) is 0.111. The Bertz CT molecular complexity index is 581. The number of nitrogens with zero attached hydrogens (tertiary/aromatic N) is 1. The van der Waals surface area contributed by atoms with E-state index >= 15 is 0 Å². The molecule has 19 heavy (non-hydrogen) atoms. The molecule has 1 unspecified atom stereocenters.